The van der Waals surface area contributed by atoms with Crippen LogP contribution < -0.4 is 5.32 Å². The van der Waals surface area contributed by atoms with E-state index in [4.69, 9.17) is 4.74 Å². The lowest BCUT2D eigenvalue weighted by atomic mass is 9.98. The third-order valence-corrected chi connectivity index (χ3v) is 3.27. The molecule has 0 unspecified atom stereocenters. The van der Waals surface area contributed by atoms with Crippen molar-refractivity contribution in [2.75, 3.05) is 7.11 Å². The monoisotopic (exact) mass is 309 g/mol. The lowest BCUT2D eigenvalue weighted by molar-refractivity contribution is -0.151. The average Bonchev–Trinajstić information content (AvgIpc) is 2.52. The summed E-state index contributed by atoms with van der Waals surface area (Å²) >= 11 is 0. The molecule has 0 aliphatic heterocycles. The van der Waals surface area contributed by atoms with Crippen molar-refractivity contribution in [3.8, 4) is 0 Å². The molecule has 1 amide bonds. The predicted octanol–water partition coefficient (Wildman–Crippen LogP) is 1.86. The number of hydrogen-bond acceptors (Lipinski definition) is 5. The zero-order valence-electron chi connectivity index (χ0n) is 13.1. The molecular formula is C16H23NO5. The second-order valence-corrected chi connectivity index (χ2v) is 5.33. The third-order valence-electron chi connectivity index (χ3n) is 3.27. The van der Waals surface area contributed by atoms with Gasteiger partial charge in [0.25, 0.3) is 0 Å². The minimum absolute atomic E-state index is 0.0311. The lowest BCUT2D eigenvalue weighted by Crippen LogP contribution is -2.42. The Kier molecular flexibility index (Phi) is 7.39. The van der Waals surface area contributed by atoms with Crippen molar-refractivity contribution in [2.24, 2.45) is 5.92 Å². The number of rotatable bonds is 7. The van der Waals surface area contributed by atoms with Gasteiger partial charge in [-0.3, -0.25) is 0 Å². The molecule has 2 N–H and O–H groups in total. The van der Waals surface area contributed by atoms with Crippen LogP contribution in [0.2, 0.25) is 0 Å². The fourth-order valence-electron chi connectivity index (χ4n) is 1.89. The Morgan fingerprint density at radius 3 is 2.41 bits per heavy atom. The van der Waals surface area contributed by atoms with Gasteiger partial charge < -0.3 is 19.9 Å². The molecule has 0 spiro atoms. The zero-order chi connectivity index (χ0) is 16.5. The number of aliphatic hydroxyl groups excluding tert-OH is 1. The SMILES string of the molecule is COC(=O)[C@@H](O)C[C@@H](NC(=O)OCc1ccccc1)C(C)C. The summed E-state index contributed by atoms with van der Waals surface area (Å²) in [6, 6.07) is 8.92. The highest BCUT2D eigenvalue weighted by Gasteiger charge is 2.25. The van der Waals surface area contributed by atoms with Crippen LogP contribution in [0.15, 0.2) is 30.3 Å². The van der Waals surface area contributed by atoms with Gasteiger partial charge in [-0.15, -0.1) is 0 Å². The van der Waals surface area contributed by atoms with E-state index >= 15 is 0 Å². The smallest absolute Gasteiger partial charge is 0.407 e. The number of hydrogen-bond donors (Lipinski definition) is 2. The minimum atomic E-state index is -1.27. The molecule has 1 rings (SSSR count). The topological polar surface area (TPSA) is 84.9 Å². The highest BCUT2D eigenvalue weighted by molar-refractivity contribution is 5.74. The maximum atomic E-state index is 11.8. The maximum Gasteiger partial charge on any atom is 0.407 e. The van der Waals surface area contributed by atoms with Crippen LogP contribution in [0.4, 0.5) is 4.79 Å². The molecule has 0 heterocycles. The van der Waals surface area contributed by atoms with Crippen molar-refractivity contribution in [2.45, 2.75) is 39.0 Å². The Labute approximate surface area is 130 Å². The van der Waals surface area contributed by atoms with Gasteiger partial charge in [-0.25, -0.2) is 9.59 Å². The molecule has 0 radical (unpaired) electrons. The van der Waals surface area contributed by atoms with E-state index in [-0.39, 0.29) is 18.9 Å². The third kappa shape index (κ3) is 6.13. The quantitative estimate of drug-likeness (QED) is 0.751. The molecule has 2 atom stereocenters. The van der Waals surface area contributed by atoms with E-state index in [0.29, 0.717) is 0 Å². The molecule has 6 nitrogen and oxygen atoms in total. The molecule has 22 heavy (non-hydrogen) atoms. The predicted molar refractivity (Wildman–Crippen MR) is 81.0 cm³/mol. The number of ether oxygens (including phenoxy) is 2. The van der Waals surface area contributed by atoms with Gasteiger partial charge in [0.2, 0.25) is 0 Å². The van der Waals surface area contributed by atoms with Gasteiger partial charge in [0.05, 0.1) is 7.11 Å². The van der Waals surface area contributed by atoms with Crippen LogP contribution in [-0.2, 0) is 20.9 Å². The van der Waals surface area contributed by atoms with Crippen molar-refractivity contribution in [1.29, 1.82) is 0 Å². The van der Waals surface area contributed by atoms with E-state index in [1.54, 1.807) is 0 Å². The van der Waals surface area contributed by atoms with Gasteiger partial charge in [-0.1, -0.05) is 44.2 Å². The van der Waals surface area contributed by atoms with Gasteiger partial charge in [0.15, 0.2) is 6.10 Å². The van der Waals surface area contributed by atoms with Crippen LogP contribution >= 0.6 is 0 Å². The normalized spacial score (nSPS) is 13.3. The summed E-state index contributed by atoms with van der Waals surface area (Å²) < 4.78 is 9.60. The number of nitrogens with one attached hydrogen (secondary N) is 1. The second-order valence-electron chi connectivity index (χ2n) is 5.33. The number of alkyl carbamates (subject to hydrolysis) is 1. The molecule has 6 heteroatoms. The van der Waals surface area contributed by atoms with Crippen LogP contribution in [0.3, 0.4) is 0 Å². The van der Waals surface area contributed by atoms with Gasteiger partial charge in [-0.05, 0) is 11.5 Å². The second kappa shape index (κ2) is 9.04. The van der Waals surface area contributed by atoms with Crippen LogP contribution in [0.5, 0.6) is 0 Å². The molecule has 0 fully saturated rings. The first kappa shape index (κ1) is 18.0. The number of aliphatic hydroxyl groups is 1. The fraction of sp³-hybridized carbons (Fsp3) is 0.500. The number of amides is 1. The maximum absolute atomic E-state index is 11.8. The van der Waals surface area contributed by atoms with Crippen LogP contribution in [0, 0.1) is 5.92 Å². The van der Waals surface area contributed by atoms with E-state index in [1.165, 1.54) is 7.11 Å². The summed E-state index contributed by atoms with van der Waals surface area (Å²) in [5.41, 5.74) is 0.883. The fourth-order valence-corrected chi connectivity index (χ4v) is 1.89. The Balaban J connectivity index is 2.48. The van der Waals surface area contributed by atoms with Crippen molar-refractivity contribution in [3.63, 3.8) is 0 Å². The summed E-state index contributed by atoms with van der Waals surface area (Å²) in [5.74, 6) is -0.686. The van der Waals surface area contributed by atoms with Crippen LogP contribution in [0.25, 0.3) is 0 Å². The molecule has 1 aromatic rings. The van der Waals surface area contributed by atoms with E-state index < -0.39 is 24.2 Å². The summed E-state index contributed by atoms with van der Waals surface area (Å²) in [4.78, 5) is 23.1. The first-order chi connectivity index (χ1) is 10.4. The van der Waals surface area contributed by atoms with Crippen molar-refractivity contribution < 1.29 is 24.2 Å². The van der Waals surface area contributed by atoms with Crippen molar-refractivity contribution in [3.05, 3.63) is 35.9 Å². The Hall–Kier alpha value is -2.08. The molecule has 0 bridgehead atoms. The average molecular weight is 309 g/mol. The first-order valence-electron chi connectivity index (χ1n) is 7.17. The van der Waals surface area contributed by atoms with E-state index in [9.17, 15) is 14.7 Å². The van der Waals surface area contributed by atoms with Crippen LogP contribution in [0.1, 0.15) is 25.8 Å². The zero-order valence-corrected chi connectivity index (χ0v) is 13.1. The van der Waals surface area contributed by atoms with E-state index in [0.717, 1.165) is 5.56 Å². The molecule has 0 aliphatic rings. The standard InChI is InChI=1S/C16H23NO5/c1-11(2)13(9-14(18)15(19)21-3)17-16(20)22-10-12-7-5-4-6-8-12/h4-8,11,13-14,18H,9-10H2,1-3H3,(H,17,20)/t13-,14+/m1/s1. The number of benzene rings is 1. The largest absolute Gasteiger partial charge is 0.467 e. The molecule has 1 aromatic carbocycles. The van der Waals surface area contributed by atoms with Gasteiger partial charge in [-0.2, -0.15) is 0 Å². The summed E-state index contributed by atoms with van der Waals surface area (Å²) in [6.45, 7) is 3.93. The van der Waals surface area contributed by atoms with E-state index in [1.807, 2.05) is 44.2 Å². The molecule has 0 saturated carbocycles. The Morgan fingerprint density at radius 2 is 1.86 bits per heavy atom. The van der Waals surface area contributed by atoms with Gasteiger partial charge in [0, 0.05) is 12.5 Å². The molecule has 122 valence electrons. The van der Waals surface area contributed by atoms with Gasteiger partial charge in [0.1, 0.15) is 6.61 Å². The van der Waals surface area contributed by atoms with Gasteiger partial charge >= 0.3 is 12.1 Å². The Bertz CT molecular complexity index is 475. The lowest BCUT2D eigenvalue weighted by Gasteiger charge is -2.23. The Morgan fingerprint density at radius 1 is 1.23 bits per heavy atom. The van der Waals surface area contributed by atoms with E-state index in [2.05, 4.69) is 10.1 Å². The number of carbonyl (C=O) groups is 2. The highest BCUT2D eigenvalue weighted by atomic mass is 16.5. The van der Waals surface area contributed by atoms with Crippen LogP contribution in [-0.4, -0.2) is 36.4 Å². The first-order valence-corrected chi connectivity index (χ1v) is 7.17. The molecule has 0 aromatic heterocycles. The van der Waals surface area contributed by atoms with Crippen molar-refractivity contribution in [1.82, 2.24) is 5.32 Å². The van der Waals surface area contributed by atoms with Crippen molar-refractivity contribution >= 4 is 12.1 Å². The number of carbonyl (C=O) groups excluding carboxylic acids is 2. The summed E-state index contributed by atoms with van der Waals surface area (Å²) in [7, 11) is 1.21. The summed E-state index contributed by atoms with van der Waals surface area (Å²) in [5, 5.41) is 12.4. The molecule has 0 aliphatic carbocycles. The minimum Gasteiger partial charge on any atom is -0.467 e. The molecule has 0 saturated heterocycles. The highest BCUT2D eigenvalue weighted by Crippen LogP contribution is 2.11. The number of methoxy groups -OCH3 is 1. The number of esters is 1. The summed E-state index contributed by atoms with van der Waals surface area (Å²) in [6.07, 6.45) is -1.78. The molecular weight excluding hydrogens is 286 g/mol.